The average Bonchev–Trinajstić information content (AvgIpc) is 2.81. The van der Waals surface area contributed by atoms with Crippen LogP contribution in [0, 0.1) is 0 Å². The van der Waals surface area contributed by atoms with Crippen LogP contribution in [-0.2, 0) is 0 Å². The first-order chi connectivity index (χ1) is 15.7. The number of hydrogen-bond donors (Lipinski definition) is 2. The lowest BCUT2D eigenvalue weighted by Crippen LogP contribution is -2.06. The molecular weight excluding hydrogens is 406 g/mol. The van der Waals surface area contributed by atoms with Gasteiger partial charge in [0.15, 0.2) is 5.43 Å². The molecule has 0 bridgehead atoms. The largest absolute Gasteiger partial charge is 0.507 e. The van der Waals surface area contributed by atoms with E-state index in [0.717, 1.165) is 36.4 Å². The zero-order valence-corrected chi connectivity index (χ0v) is 17.8. The van der Waals surface area contributed by atoms with Gasteiger partial charge in [-0.1, -0.05) is 42.5 Å². The molecule has 0 radical (unpaired) electrons. The van der Waals surface area contributed by atoms with E-state index < -0.39 is 0 Å². The van der Waals surface area contributed by atoms with Gasteiger partial charge in [-0.25, -0.2) is 0 Å². The minimum atomic E-state index is -0.295. The second-order valence-electron chi connectivity index (χ2n) is 7.34. The number of aromatic hydroxyl groups is 1. The first kappa shape index (κ1) is 21.3. The highest BCUT2D eigenvalue weighted by molar-refractivity contribution is 5.86. The molecule has 0 saturated carbocycles. The Labute approximate surface area is 186 Å². The van der Waals surface area contributed by atoms with Crippen LogP contribution in [0.15, 0.2) is 82.0 Å². The van der Waals surface area contributed by atoms with Gasteiger partial charge in [0, 0.05) is 30.3 Å². The highest BCUT2D eigenvalue weighted by atomic mass is 16.5. The Morgan fingerprint density at radius 3 is 2.56 bits per heavy atom. The maximum atomic E-state index is 12.5. The van der Waals surface area contributed by atoms with Crippen molar-refractivity contribution in [1.29, 1.82) is 0 Å². The summed E-state index contributed by atoms with van der Waals surface area (Å²) in [5.74, 6) is 1.57. The summed E-state index contributed by atoms with van der Waals surface area (Å²) in [4.78, 5) is 12.5. The van der Waals surface area contributed by atoms with Gasteiger partial charge in [0.05, 0.1) is 19.4 Å². The molecule has 4 aromatic rings. The van der Waals surface area contributed by atoms with Gasteiger partial charge in [-0.15, -0.1) is 0 Å². The second-order valence-corrected chi connectivity index (χ2v) is 7.34. The number of methoxy groups -OCH3 is 1. The maximum Gasteiger partial charge on any atom is 0.197 e. The van der Waals surface area contributed by atoms with Crippen molar-refractivity contribution in [3.8, 4) is 28.6 Å². The molecule has 0 aliphatic carbocycles. The molecule has 3 aromatic carbocycles. The Bertz CT molecular complexity index is 1250. The van der Waals surface area contributed by atoms with E-state index in [0.29, 0.717) is 23.7 Å². The lowest BCUT2D eigenvalue weighted by molar-refractivity contribution is 0.307. The van der Waals surface area contributed by atoms with Gasteiger partial charge in [-0.05, 0) is 25.0 Å². The van der Waals surface area contributed by atoms with E-state index in [-0.39, 0.29) is 16.6 Å². The first-order valence-corrected chi connectivity index (χ1v) is 10.5. The van der Waals surface area contributed by atoms with Crippen molar-refractivity contribution in [2.45, 2.75) is 12.8 Å². The van der Waals surface area contributed by atoms with Crippen molar-refractivity contribution in [2.75, 3.05) is 25.6 Å². The zero-order chi connectivity index (χ0) is 22.3. The molecule has 0 aliphatic rings. The Kier molecular flexibility index (Phi) is 6.60. The monoisotopic (exact) mass is 431 g/mol. The van der Waals surface area contributed by atoms with Crippen LogP contribution in [0.2, 0.25) is 0 Å². The molecule has 32 heavy (non-hydrogen) atoms. The quantitative estimate of drug-likeness (QED) is 0.343. The highest BCUT2D eigenvalue weighted by Gasteiger charge is 2.13. The lowest BCUT2D eigenvalue weighted by atomic mass is 10.1. The molecule has 1 aromatic heterocycles. The fraction of sp³-hybridized carbons (Fsp3) is 0.192. The van der Waals surface area contributed by atoms with E-state index >= 15 is 0 Å². The number of fused-ring (bicyclic) bond motifs is 1. The van der Waals surface area contributed by atoms with Gasteiger partial charge in [-0.3, -0.25) is 4.79 Å². The van der Waals surface area contributed by atoms with Crippen LogP contribution < -0.4 is 20.2 Å². The van der Waals surface area contributed by atoms with Gasteiger partial charge in [0.25, 0.3) is 0 Å². The van der Waals surface area contributed by atoms with Crippen molar-refractivity contribution in [3.63, 3.8) is 0 Å². The minimum absolute atomic E-state index is 0.149. The number of para-hydroxylation sites is 2. The van der Waals surface area contributed by atoms with E-state index in [1.807, 2.05) is 54.6 Å². The van der Waals surface area contributed by atoms with Gasteiger partial charge >= 0.3 is 0 Å². The number of phenols is 1. The normalized spacial score (nSPS) is 10.8. The van der Waals surface area contributed by atoms with Crippen molar-refractivity contribution >= 4 is 16.7 Å². The molecule has 0 atom stereocenters. The van der Waals surface area contributed by atoms with E-state index in [1.54, 1.807) is 13.2 Å². The summed E-state index contributed by atoms with van der Waals surface area (Å²) >= 11 is 0. The fourth-order valence-electron chi connectivity index (χ4n) is 3.50. The zero-order valence-electron chi connectivity index (χ0n) is 17.8. The summed E-state index contributed by atoms with van der Waals surface area (Å²) < 4.78 is 17.0. The number of anilines is 1. The average molecular weight is 431 g/mol. The van der Waals surface area contributed by atoms with Gasteiger partial charge in [0.2, 0.25) is 0 Å². The number of phenolic OH excluding ortho intramolecular Hbond substituents is 1. The molecule has 0 aliphatic heterocycles. The summed E-state index contributed by atoms with van der Waals surface area (Å²) in [6, 6.07) is 21.7. The van der Waals surface area contributed by atoms with Crippen molar-refractivity contribution in [3.05, 3.63) is 83.0 Å². The molecule has 4 rings (SSSR count). The minimum Gasteiger partial charge on any atom is -0.507 e. The second kappa shape index (κ2) is 9.92. The van der Waals surface area contributed by atoms with Crippen LogP contribution in [-0.4, -0.2) is 25.4 Å². The van der Waals surface area contributed by atoms with Crippen LogP contribution in [0.3, 0.4) is 0 Å². The number of unbranched alkanes of at least 4 members (excludes halogenated alkanes) is 1. The summed E-state index contributed by atoms with van der Waals surface area (Å²) in [6.45, 7) is 1.25. The Balaban J connectivity index is 1.38. The van der Waals surface area contributed by atoms with Crippen LogP contribution in [0.25, 0.3) is 22.3 Å². The molecule has 0 amide bonds. The number of hydrogen-bond acceptors (Lipinski definition) is 6. The smallest absolute Gasteiger partial charge is 0.197 e. The molecular formula is C26H25NO5. The molecule has 6 heteroatoms. The van der Waals surface area contributed by atoms with Gasteiger partial charge < -0.3 is 24.3 Å². The van der Waals surface area contributed by atoms with E-state index in [1.165, 1.54) is 12.1 Å². The third kappa shape index (κ3) is 4.86. The molecule has 164 valence electrons. The molecule has 0 spiro atoms. The number of rotatable bonds is 9. The highest BCUT2D eigenvalue weighted by Crippen LogP contribution is 2.31. The molecule has 6 nitrogen and oxygen atoms in total. The molecule has 1 heterocycles. The van der Waals surface area contributed by atoms with Crippen molar-refractivity contribution in [2.24, 2.45) is 0 Å². The number of benzene rings is 3. The Morgan fingerprint density at radius 1 is 0.969 bits per heavy atom. The standard InChI is InChI=1S/C26H25NO5/c1-30-23-12-6-5-11-20(23)27-13-7-8-14-31-19-15-21(28)26-22(29)17-24(32-25(26)16-19)18-9-3-2-4-10-18/h2-6,9-12,15-17,27-28H,7-8,13-14H2,1H3. The Hall–Kier alpha value is -3.93. The molecule has 0 fully saturated rings. The predicted molar refractivity (Wildman–Crippen MR) is 126 cm³/mol. The van der Waals surface area contributed by atoms with Crippen LogP contribution in [0.1, 0.15) is 12.8 Å². The first-order valence-electron chi connectivity index (χ1n) is 10.5. The number of ether oxygens (including phenoxy) is 2. The predicted octanol–water partition coefficient (Wildman–Crippen LogP) is 5.45. The van der Waals surface area contributed by atoms with Crippen LogP contribution in [0.5, 0.6) is 17.2 Å². The van der Waals surface area contributed by atoms with E-state index in [9.17, 15) is 9.90 Å². The van der Waals surface area contributed by atoms with Gasteiger partial charge in [0.1, 0.15) is 34.0 Å². The Morgan fingerprint density at radius 2 is 1.75 bits per heavy atom. The third-order valence-corrected chi connectivity index (χ3v) is 5.10. The van der Waals surface area contributed by atoms with Crippen LogP contribution in [0.4, 0.5) is 5.69 Å². The topological polar surface area (TPSA) is 80.9 Å². The van der Waals surface area contributed by atoms with E-state index in [2.05, 4.69) is 5.32 Å². The lowest BCUT2D eigenvalue weighted by Gasteiger charge is -2.11. The molecule has 0 saturated heterocycles. The van der Waals surface area contributed by atoms with E-state index in [4.69, 9.17) is 13.9 Å². The summed E-state index contributed by atoms with van der Waals surface area (Å²) in [5.41, 5.74) is 1.75. The summed E-state index contributed by atoms with van der Waals surface area (Å²) in [6.07, 6.45) is 1.71. The number of nitrogens with one attached hydrogen (secondary N) is 1. The SMILES string of the molecule is COc1ccccc1NCCCCOc1cc(O)c2c(=O)cc(-c3ccccc3)oc2c1. The fourth-order valence-corrected chi connectivity index (χ4v) is 3.50. The van der Waals surface area contributed by atoms with Gasteiger partial charge in [-0.2, -0.15) is 0 Å². The van der Waals surface area contributed by atoms with Crippen molar-refractivity contribution in [1.82, 2.24) is 0 Å². The van der Waals surface area contributed by atoms with Crippen LogP contribution >= 0.6 is 0 Å². The summed E-state index contributed by atoms with van der Waals surface area (Å²) in [7, 11) is 1.65. The van der Waals surface area contributed by atoms with Crippen molar-refractivity contribution < 1.29 is 19.0 Å². The maximum absolute atomic E-state index is 12.5. The molecule has 2 N–H and O–H groups in total. The molecule has 0 unspecified atom stereocenters. The summed E-state index contributed by atoms with van der Waals surface area (Å²) in [5, 5.41) is 13.9. The third-order valence-electron chi connectivity index (χ3n) is 5.10.